The van der Waals surface area contributed by atoms with Crippen molar-refractivity contribution in [3.8, 4) is 5.75 Å². The zero-order chi connectivity index (χ0) is 23.4. The van der Waals surface area contributed by atoms with Crippen LogP contribution in [0.2, 0.25) is 0 Å². The van der Waals surface area contributed by atoms with Gasteiger partial charge in [0.2, 0.25) is 5.91 Å². The molecule has 0 N–H and O–H groups in total. The Balaban J connectivity index is 1.54. The summed E-state index contributed by atoms with van der Waals surface area (Å²) in [4.78, 5) is 41.2. The van der Waals surface area contributed by atoms with Crippen LogP contribution in [0.15, 0.2) is 35.1 Å². The molecule has 0 unspecified atom stereocenters. The maximum absolute atomic E-state index is 13.6. The lowest BCUT2D eigenvalue weighted by molar-refractivity contribution is -0.128. The number of methoxy groups -OCH3 is 1. The van der Waals surface area contributed by atoms with E-state index in [2.05, 4.69) is 4.90 Å². The van der Waals surface area contributed by atoms with Gasteiger partial charge in [-0.25, -0.2) is 9.18 Å². The van der Waals surface area contributed by atoms with E-state index >= 15 is 0 Å². The fourth-order valence-electron chi connectivity index (χ4n) is 4.49. The zero-order valence-corrected chi connectivity index (χ0v) is 18.7. The number of aromatic nitrogens is 1. The summed E-state index contributed by atoms with van der Waals surface area (Å²) in [6, 6.07) is 7.77. The third-order valence-corrected chi connectivity index (χ3v) is 6.16. The minimum absolute atomic E-state index is 0.0900. The number of hydrogen-bond donors (Lipinski definition) is 0. The van der Waals surface area contributed by atoms with Gasteiger partial charge < -0.3 is 18.9 Å². The molecule has 1 fully saturated rings. The SMILES string of the molecule is COC(=O)c1c(OCCN2CCCC2=O)cc(=O)n2c1CCN(Cc1cccc(F)c1)CC2. The third-order valence-electron chi connectivity index (χ3n) is 6.16. The number of esters is 1. The van der Waals surface area contributed by atoms with Gasteiger partial charge in [-0.1, -0.05) is 12.1 Å². The Morgan fingerprint density at radius 3 is 2.67 bits per heavy atom. The fourth-order valence-corrected chi connectivity index (χ4v) is 4.49. The Kier molecular flexibility index (Phi) is 7.08. The van der Waals surface area contributed by atoms with Crippen LogP contribution in [0.3, 0.4) is 0 Å². The highest BCUT2D eigenvalue weighted by Gasteiger charge is 2.27. The number of fused-ring (bicyclic) bond motifs is 1. The number of nitrogens with zero attached hydrogens (tertiary/aromatic N) is 3. The fraction of sp³-hybridized carbons (Fsp3) is 0.458. The maximum Gasteiger partial charge on any atom is 0.343 e. The summed E-state index contributed by atoms with van der Waals surface area (Å²) < 4.78 is 26.0. The molecule has 0 bridgehead atoms. The molecular formula is C24H28FN3O5. The van der Waals surface area contributed by atoms with Crippen molar-refractivity contribution in [1.29, 1.82) is 0 Å². The topological polar surface area (TPSA) is 81.1 Å². The molecule has 8 nitrogen and oxygen atoms in total. The Morgan fingerprint density at radius 1 is 1.09 bits per heavy atom. The molecule has 1 amide bonds. The van der Waals surface area contributed by atoms with Crippen molar-refractivity contribution in [3.05, 3.63) is 63.3 Å². The summed E-state index contributed by atoms with van der Waals surface area (Å²) >= 11 is 0. The molecule has 33 heavy (non-hydrogen) atoms. The van der Waals surface area contributed by atoms with Crippen LogP contribution < -0.4 is 10.3 Å². The first-order valence-electron chi connectivity index (χ1n) is 11.2. The van der Waals surface area contributed by atoms with Gasteiger partial charge in [0.25, 0.3) is 5.56 Å². The van der Waals surface area contributed by atoms with Crippen molar-refractivity contribution >= 4 is 11.9 Å². The highest BCUT2D eigenvalue weighted by Crippen LogP contribution is 2.25. The summed E-state index contributed by atoms with van der Waals surface area (Å²) in [6.07, 6.45) is 1.81. The minimum Gasteiger partial charge on any atom is -0.491 e. The van der Waals surface area contributed by atoms with Crippen LogP contribution in [0.5, 0.6) is 5.75 Å². The van der Waals surface area contributed by atoms with E-state index in [-0.39, 0.29) is 35.2 Å². The van der Waals surface area contributed by atoms with Gasteiger partial charge in [0, 0.05) is 57.3 Å². The van der Waals surface area contributed by atoms with Crippen molar-refractivity contribution in [1.82, 2.24) is 14.4 Å². The monoisotopic (exact) mass is 457 g/mol. The number of hydrogen-bond acceptors (Lipinski definition) is 6. The van der Waals surface area contributed by atoms with Crippen LogP contribution >= 0.6 is 0 Å². The smallest absolute Gasteiger partial charge is 0.343 e. The molecule has 4 rings (SSSR count). The summed E-state index contributed by atoms with van der Waals surface area (Å²) in [7, 11) is 1.30. The number of pyridine rings is 1. The molecule has 2 aliphatic heterocycles. The second-order valence-electron chi connectivity index (χ2n) is 8.30. The lowest BCUT2D eigenvalue weighted by Crippen LogP contribution is -2.31. The number of rotatable bonds is 7. The van der Waals surface area contributed by atoms with Crippen LogP contribution in [0.1, 0.15) is 34.5 Å². The largest absolute Gasteiger partial charge is 0.491 e. The van der Waals surface area contributed by atoms with E-state index in [1.807, 2.05) is 6.07 Å². The number of carbonyl (C=O) groups excluding carboxylic acids is 2. The van der Waals surface area contributed by atoms with Gasteiger partial charge in [0.05, 0.1) is 13.7 Å². The highest BCUT2D eigenvalue weighted by molar-refractivity contribution is 5.93. The van der Waals surface area contributed by atoms with E-state index in [9.17, 15) is 18.8 Å². The Bertz CT molecular complexity index is 1100. The number of halogens is 1. The molecule has 3 heterocycles. The van der Waals surface area contributed by atoms with Crippen LogP contribution in [0, 0.1) is 5.82 Å². The van der Waals surface area contributed by atoms with Crippen molar-refractivity contribution in [2.24, 2.45) is 0 Å². The molecule has 1 aromatic heterocycles. The number of benzene rings is 1. The first-order chi connectivity index (χ1) is 16.0. The molecular weight excluding hydrogens is 429 g/mol. The second-order valence-corrected chi connectivity index (χ2v) is 8.30. The zero-order valence-electron chi connectivity index (χ0n) is 18.7. The lowest BCUT2D eigenvalue weighted by atomic mass is 10.1. The van der Waals surface area contributed by atoms with E-state index < -0.39 is 5.97 Å². The standard InChI is InChI=1S/C24H28FN3O5/c1-32-24(31)23-19-7-9-26(16-17-4-2-5-18(25)14-17)10-11-28(19)22(30)15-20(23)33-13-12-27-8-3-6-21(27)29/h2,4-5,14-15H,3,6-13,16H2,1H3. The second kappa shape index (κ2) is 10.2. The highest BCUT2D eigenvalue weighted by atomic mass is 19.1. The van der Waals surface area contributed by atoms with E-state index in [0.717, 1.165) is 12.0 Å². The predicted molar refractivity (Wildman–Crippen MR) is 119 cm³/mol. The number of likely N-dealkylation sites (tertiary alicyclic amines) is 1. The number of carbonyl (C=O) groups is 2. The molecule has 0 saturated carbocycles. The van der Waals surface area contributed by atoms with Crippen molar-refractivity contribution in [2.45, 2.75) is 32.4 Å². The molecule has 0 spiro atoms. The Hall–Kier alpha value is -3.20. The Labute approximate surface area is 191 Å². The van der Waals surface area contributed by atoms with Crippen molar-refractivity contribution < 1.29 is 23.5 Å². The predicted octanol–water partition coefficient (Wildman–Crippen LogP) is 1.83. The van der Waals surface area contributed by atoms with Gasteiger partial charge in [0.1, 0.15) is 23.7 Å². The van der Waals surface area contributed by atoms with Gasteiger partial charge in [-0.15, -0.1) is 0 Å². The number of amides is 1. The molecule has 0 aliphatic carbocycles. The molecule has 1 aromatic carbocycles. The van der Waals surface area contributed by atoms with Gasteiger partial charge in [-0.05, 0) is 24.1 Å². The van der Waals surface area contributed by atoms with Gasteiger partial charge >= 0.3 is 5.97 Å². The number of ether oxygens (including phenoxy) is 2. The van der Waals surface area contributed by atoms with Gasteiger partial charge in [-0.3, -0.25) is 14.5 Å². The van der Waals surface area contributed by atoms with Crippen LogP contribution in [-0.4, -0.2) is 66.1 Å². The van der Waals surface area contributed by atoms with E-state index in [1.54, 1.807) is 15.5 Å². The van der Waals surface area contributed by atoms with E-state index in [1.165, 1.54) is 25.3 Å². The van der Waals surface area contributed by atoms with E-state index in [0.29, 0.717) is 57.8 Å². The normalized spacial score (nSPS) is 16.4. The van der Waals surface area contributed by atoms with Crippen molar-refractivity contribution in [3.63, 3.8) is 0 Å². The Morgan fingerprint density at radius 2 is 1.94 bits per heavy atom. The first-order valence-corrected chi connectivity index (χ1v) is 11.2. The average Bonchev–Trinajstić information content (AvgIpc) is 3.08. The summed E-state index contributed by atoms with van der Waals surface area (Å²) in [5.41, 5.74) is 1.42. The van der Waals surface area contributed by atoms with Crippen molar-refractivity contribution in [2.75, 3.05) is 39.9 Å². The quantitative estimate of drug-likeness (QED) is 0.591. The summed E-state index contributed by atoms with van der Waals surface area (Å²) in [5, 5.41) is 0. The molecule has 0 atom stereocenters. The first kappa shape index (κ1) is 23.0. The van der Waals surface area contributed by atoms with Gasteiger partial charge in [0.15, 0.2) is 0 Å². The average molecular weight is 458 g/mol. The molecule has 9 heteroatoms. The van der Waals surface area contributed by atoms with Crippen LogP contribution in [0.4, 0.5) is 4.39 Å². The van der Waals surface area contributed by atoms with E-state index in [4.69, 9.17) is 9.47 Å². The summed E-state index contributed by atoms with van der Waals surface area (Å²) in [5.74, 6) is -0.577. The maximum atomic E-state index is 13.6. The van der Waals surface area contributed by atoms with Gasteiger partial charge in [-0.2, -0.15) is 0 Å². The lowest BCUT2D eigenvalue weighted by Gasteiger charge is -2.19. The molecule has 2 aliphatic rings. The van der Waals surface area contributed by atoms with Crippen LogP contribution in [-0.2, 0) is 29.0 Å². The summed E-state index contributed by atoms with van der Waals surface area (Å²) in [6.45, 7) is 3.40. The minimum atomic E-state index is -0.565. The molecule has 176 valence electrons. The van der Waals surface area contributed by atoms with Crippen LogP contribution in [0.25, 0.3) is 0 Å². The third kappa shape index (κ3) is 5.24. The molecule has 1 saturated heterocycles. The molecule has 2 aromatic rings. The molecule has 0 radical (unpaired) electrons.